The van der Waals surface area contributed by atoms with Crippen molar-refractivity contribution >= 4 is 55.5 Å². The third kappa shape index (κ3) is 5.40. The van der Waals surface area contributed by atoms with Gasteiger partial charge in [-0.3, -0.25) is 9.35 Å². The van der Waals surface area contributed by atoms with Crippen LogP contribution in [0.15, 0.2) is 69.7 Å². The molecule has 10 nitrogen and oxygen atoms in total. The predicted molar refractivity (Wildman–Crippen MR) is 102 cm³/mol. The number of hydrogen-bond acceptors (Lipinski definition) is 8. The van der Waals surface area contributed by atoms with Crippen LogP contribution in [0.2, 0.25) is 0 Å². The smallest absolute Gasteiger partial charge is 0.540 e. The first kappa shape index (κ1) is 23.4. The van der Waals surface area contributed by atoms with E-state index in [9.17, 15) is 27.7 Å². The van der Waals surface area contributed by atoms with Crippen molar-refractivity contribution in [1.29, 1.82) is 0 Å². The zero-order chi connectivity index (χ0) is 21.2. The first-order chi connectivity index (χ1) is 13.6. The minimum Gasteiger partial charge on any atom is -0.540 e. The van der Waals surface area contributed by atoms with Crippen molar-refractivity contribution in [3.8, 4) is 0 Å². The molecule has 0 aliphatic rings. The molecule has 0 spiro atoms. The number of carbonyl (C=O) groups is 2. The molecule has 0 saturated heterocycles. The second-order valence-electron chi connectivity index (χ2n) is 5.84. The van der Waals surface area contributed by atoms with Gasteiger partial charge in [0.2, 0.25) is 0 Å². The number of rotatable bonds is 4. The Hall–Kier alpha value is -2.83. The number of carboxylic acids is 1. The number of azo groups is 1. The fourth-order valence-corrected chi connectivity index (χ4v) is 2.99. The van der Waals surface area contributed by atoms with E-state index in [0.717, 1.165) is 0 Å². The van der Waals surface area contributed by atoms with Gasteiger partial charge in [0, 0.05) is 22.1 Å². The molecule has 30 heavy (non-hydrogen) atoms. The van der Waals surface area contributed by atoms with Crippen LogP contribution in [-0.2, 0) is 19.7 Å². The average molecular weight is 436 g/mol. The van der Waals surface area contributed by atoms with Crippen molar-refractivity contribution < 1.29 is 57.2 Å². The third-order valence-corrected chi connectivity index (χ3v) is 4.73. The fourth-order valence-electron chi connectivity index (χ4n) is 2.49. The first-order valence-corrected chi connectivity index (χ1v) is 9.43. The second kappa shape index (κ2) is 9.32. The van der Waals surface area contributed by atoms with Crippen LogP contribution >= 0.6 is 0 Å². The number of nitrogens with zero attached hydrogens (tertiary/aromatic N) is 2. The summed E-state index contributed by atoms with van der Waals surface area (Å²) in [4.78, 5) is 21.2. The SMILES string of the molecule is Nc1ccc(N=Nc2ccc(NC(=O)C(=O)[O-])cc2)c2cc(S(=O)(=O)O)ccc12.[Na+]. The summed E-state index contributed by atoms with van der Waals surface area (Å²) in [5.41, 5.74) is 7.23. The Kier molecular flexibility index (Phi) is 7.29. The third-order valence-electron chi connectivity index (χ3n) is 3.88. The van der Waals surface area contributed by atoms with E-state index in [-0.39, 0.29) is 40.1 Å². The van der Waals surface area contributed by atoms with E-state index < -0.39 is 22.0 Å². The van der Waals surface area contributed by atoms with Gasteiger partial charge < -0.3 is 21.0 Å². The van der Waals surface area contributed by atoms with Gasteiger partial charge in [-0.05, 0) is 48.5 Å². The quantitative estimate of drug-likeness (QED) is 0.151. The van der Waals surface area contributed by atoms with Crippen LogP contribution in [0.5, 0.6) is 0 Å². The van der Waals surface area contributed by atoms with Crippen LogP contribution in [0.25, 0.3) is 10.8 Å². The Morgan fingerprint density at radius 2 is 1.63 bits per heavy atom. The molecule has 0 radical (unpaired) electrons. The number of nitrogens with two attached hydrogens (primary N) is 1. The molecule has 0 heterocycles. The Bertz CT molecular complexity index is 1260. The second-order valence-corrected chi connectivity index (χ2v) is 7.27. The summed E-state index contributed by atoms with van der Waals surface area (Å²) in [5, 5.41) is 21.6. The molecule has 0 saturated carbocycles. The minimum absolute atomic E-state index is 0. The van der Waals surface area contributed by atoms with Crippen molar-refractivity contribution in [2.45, 2.75) is 4.90 Å². The summed E-state index contributed by atoms with van der Waals surface area (Å²) < 4.78 is 32.1. The number of hydrogen-bond donors (Lipinski definition) is 3. The van der Waals surface area contributed by atoms with E-state index in [1.54, 1.807) is 12.1 Å². The maximum absolute atomic E-state index is 11.4. The van der Waals surface area contributed by atoms with E-state index in [0.29, 0.717) is 27.8 Å². The van der Waals surface area contributed by atoms with Crippen LogP contribution in [0.3, 0.4) is 0 Å². The van der Waals surface area contributed by atoms with E-state index in [4.69, 9.17) is 5.73 Å². The summed E-state index contributed by atoms with van der Waals surface area (Å²) in [7, 11) is -4.41. The van der Waals surface area contributed by atoms with Gasteiger partial charge in [0.15, 0.2) is 0 Å². The van der Waals surface area contributed by atoms with Crippen molar-refractivity contribution in [3.05, 3.63) is 54.6 Å². The standard InChI is InChI=1S/C18H14N4O6S.Na/c19-15-7-8-16(14-9-12(29(26,27)28)5-6-13(14)15)22-21-11-3-1-10(2-4-11)20-17(23)18(24)25;/h1-9H,19H2,(H,20,23)(H,24,25)(H,26,27,28);/q;+1/p-1. The van der Waals surface area contributed by atoms with Gasteiger partial charge in [-0.1, -0.05) is 6.07 Å². The van der Waals surface area contributed by atoms with Crippen LogP contribution in [0.1, 0.15) is 0 Å². The monoisotopic (exact) mass is 436 g/mol. The maximum Gasteiger partial charge on any atom is 1.00 e. The summed E-state index contributed by atoms with van der Waals surface area (Å²) in [6.45, 7) is 0. The fraction of sp³-hybridized carbons (Fsp3) is 0. The molecule has 0 unspecified atom stereocenters. The summed E-state index contributed by atoms with van der Waals surface area (Å²) in [5.74, 6) is -3.13. The molecule has 0 bridgehead atoms. The molecular weight excluding hydrogens is 423 g/mol. The number of nitrogens with one attached hydrogen (secondary N) is 1. The number of nitrogen functional groups attached to an aromatic ring is 1. The number of benzene rings is 3. The number of aliphatic carboxylic acids is 1. The Labute approximate surface area is 192 Å². The van der Waals surface area contributed by atoms with E-state index in [1.807, 2.05) is 0 Å². The van der Waals surface area contributed by atoms with Gasteiger partial charge in [-0.2, -0.15) is 13.5 Å². The molecule has 12 heteroatoms. The molecule has 4 N–H and O–H groups in total. The van der Waals surface area contributed by atoms with Gasteiger partial charge in [-0.25, -0.2) is 0 Å². The molecule has 0 aromatic heterocycles. The van der Waals surface area contributed by atoms with Crippen LogP contribution in [-0.4, -0.2) is 24.8 Å². The molecule has 0 aliphatic carbocycles. The molecule has 0 aliphatic heterocycles. The zero-order valence-electron chi connectivity index (χ0n) is 15.6. The Morgan fingerprint density at radius 3 is 2.23 bits per heavy atom. The van der Waals surface area contributed by atoms with Crippen LogP contribution in [0.4, 0.5) is 22.7 Å². The Balaban J connectivity index is 0.00000320. The molecule has 3 aromatic carbocycles. The van der Waals surface area contributed by atoms with Crippen LogP contribution in [0, 0.1) is 0 Å². The summed E-state index contributed by atoms with van der Waals surface area (Å²) >= 11 is 0. The first-order valence-electron chi connectivity index (χ1n) is 7.99. The maximum atomic E-state index is 11.4. The van der Waals surface area contributed by atoms with Crippen molar-refractivity contribution in [1.82, 2.24) is 0 Å². The zero-order valence-corrected chi connectivity index (χ0v) is 18.4. The van der Waals surface area contributed by atoms with Gasteiger partial charge >= 0.3 is 29.6 Å². The average Bonchev–Trinajstić information content (AvgIpc) is 2.67. The van der Waals surface area contributed by atoms with Gasteiger partial charge in [0.1, 0.15) is 5.97 Å². The normalized spacial score (nSPS) is 11.2. The Morgan fingerprint density at radius 1 is 0.967 bits per heavy atom. The number of fused-ring (bicyclic) bond motifs is 1. The number of amides is 1. The molecule has 1 amide bonds. The molecule has 0 fully saturated rings. The summed E-state index contributed by atoms with van der Waals surface area (Å²) in [6.07, 6.45) is 0. The molecule has 3 aromatic rings. The van der Waals surface area contributed by atoms with Crippen LogP contribution < -0.4 is 45.7 Å². The number of anilines is 2. The topological polar surface area (TPSA) is 174 Å². The molecular formula is C18H13N4NaO6S. The van der Waals surface area contributed by atoms with E-state index in [2.05, 4.69) is 15.5 Å². The number of carbonyl (C=O) groups excluding carboxylic acids is 2. The summed E-state index contributed by atoms with van der Waals surface area (Å²) in [6, 6.07) is 12.9. The van der Waals surface area contributed by atoms with Gasteiger partial charge in [0.25, 0.3) is 16.0 Å². The largest absolute Gasteiger partial charge is 1.00 e. The molecule has 3 rings (SSSR count). The van der Waals surface area contributed by atoms with E-state index >= 15 is 0 Å². The minimum atomic E-state index is -4.41. The van der Waals surface area contributed by atoms with Gasteiger partial charge in [-0.15, -0.1) is 5.11 Å². The molecule has 0 atom stereocenters. The van der Waals surface area contributed by atoms with Gasteiger partial charge in [0.05, 0.1) is 16.3 Å². The van der Waals surface area contributed by atoms with Crippen molar-refractivity contribution in [2.24, 2.45) is 10.2 Å². The number of carboxylic acid groups (broad SMARTS) is 1. The molecule has 148 valence electrons. The van der Waals surface area contributed by atoms with E-state index in [1.165, 1.54) is 42.5 Å². The predicted octanol–water partition coefficient (Wildman–Crippen LogP) is -1.22. The van der Waals surface area contributed by atoms with Crippen molar-refractivity contribution in [2.75, 3.05) is 11.1 Å². The van der Waals surface area contributed by atoms with Crippen molar-refractivity contribution in [3.63, 3.8) is 0 Å².